The van der Waals surface area contributed by atoms with Crippen molar-refractivity contribution in [2.45, 2.75) is 13.8 Å². The molecule has 1 N–H and O–H groups in total. The fourth-order valence-corrected chi connectivity index (χ4v) is 1.42. The zero-order valence-corrected chi connectivity index (χ0v) is 10.2. The van der Waals surface area contributed by atoms with Gasteiger partial charge >= 0.3 is 11.8 Å². The summed E-state index contributed by atoms with van der Waals surface area (Å²) >= 11 is 0. The van der Waals surface area contributed by atoms with Gasteiger partial charge in [0.2, 0.25) is 0 Å². The minimum atomic E-state index is -0.983. The number of carbonyl (C=O) groups excluding carboxylic acids is 2. The van der Waals surface area contributed by atoms with E-state index in [1.165, 1.54) is 4.90 Å². The van der Waals surface area contributed by atoms with E-state index in [0.29, 0.717) is 13.1 Å². The molecule has 0 fully saturated rings. The second kappa shape index (κ2) is 6.09. The molecule has 2 amide bonds. The molecule has 0 spiro atoms. The number of hydrogen-bond donors (Lipinski definition) is 1. The van der Waals surface area contributed by atoms with Crippen LogP contribution in [0.2, 0.25) is 0 Å². The van der Waals surface area contributed by atoms with Crippen molar-refractivity contribution in [1.82, 2.24) is 4.90 Å². The summed E-state index contributed by atoms with van der Waals surface area (Å²) in [4.78, 5) is 24.4. The molecule has 0 saturated carbocycles. The van der Waals surface area contributed by atoms with Crippen molar-refractivity contribution < 1.29 is 18.4 Å². The maximum Gasteiger partial charge on any atom is 0.313 e. The van der Waals surface area contributed by atoms with E-state index in [1.807, 2.05) is 0 Å². The number of likely N-dealkylation sites (N-methyl/N-ethyl adjacent to an activating group) is 1. The maximum absolute atomic E-state index is 13.3. The van der Waals surface area contributed by atoms with Crippen molar-refractivity contribution >= 4 is 17.5 Å². The van der Waals surface area contributed by atoms with E-state index >= 15 is 0 Å². The van der Waals surface area contributed by atoms with Crippen LogP contribution in [0.25, 0.3) is 0 Å². The molecule has 0 aromatic heterocycles. The van der Waals surface area contributed by atoms with Crippen molar-refractivity contribution in [3.8, 4) is 0 Å². The number of halogens is 2. The van der Waals surface area contributed by atoms with Crippen LogP contribution in [0, 0.1) is 11.6 Å². The molecular weight excluding hydrogens is 242 g/mol. The van der Waals surface area contributed by atoms with Gasteiger partial charge in [-0.15, -0.1) is 0 Å². The van der Waals surface area contributed by atoms with Gasteiger partial charge in [0.05, 0.1) is 5.69 Å². The van der Waals surface area contributed by atoms with Crippen molar-refractivity contribution in [2.24, 2.45) is 0 Å². The monoisotopic (exact) mass is 256 g/mol. The topological polar surface area (TPSA) is 49.4 Å². The molecule has 98 valence electrons. The first-order chi connectivity index (χ1) is 8.49. The first kappa shape index (κ1) is 14.1. The van der Waals surface area contributed by atoms with Gasteiger partial charge in [0.1, 0.15) is 11.6 Å². The normalized spacial score (nSPS) is 10.0. The van der Waals surface area contributed by atoms with Gasteiger partial charge in [-0.25, -0.2) is 8.78 Å². The molecule has 1 aromatic rings. The maximum atomic E-state index is 13.3. The second-order valence-electron chi connectivity index (χ2n) is 3.56. The van der Waals surface area contributed by atoms with Gasteiger partial charge in [-0.05, 0) is 26.0 Å². The molecule has 0 saturated heterocycles. The number of nitrogens with zero attached hydrogens (tertiary/aromatic N) is 1. The first-order valence-corrected chi connectivity index (χ1v) is 5.54. The highest BCUT2D eigenvalue weighted by Gasteiger charge is 2.20. The standard InChI is InChI=1S/C12H14F2N2O2/c1-3-16(4-2)12(18)11(17)15-10-7-8(13)5-6-9(10)14/h5-7H,3-4H2,1-2H3,(H,15,17). The van der Waals surface area contributed by atoms with Crippen molar-refractivity contribution in [1.29, 1.82) is 0 Å². The summed E-state index contributed by atoms with van der Waals surface area (Å²) in [6.45, 7) is 4.18. The molecule has 18 heavy (non-hydrogen) atoms. The van der Waals surface area contributed by atoms with E-state index in [1.54, 1.807) is 13.8 Å². The van der Waals surface area contributed by atoms with Crippen molar-refractivity contribution in [3.63, 3.8) is 0 Å². The number of amides is 2. The van der Waals surface area contributed by atoms with E-state index in [-0.39, 0.29) is 5.69 Å². The molecule has 6 heteroatoms. The Morgan fingerprint density at radius 2 is 1.83 bits per heavy atom. The number of rotatable bonds is 3. The van der Waals surface area contributed by atoms with Crippen LogP contribution in [0.3, 0.4) is 0 Å². The number of benzene rings is 1. The van der Waals surface area contributed by atoms with Gasteiger partial charge in [-0.1, -0.05) is 0 Å². The third kappa shape index (κ3) is 3.26. The summed E-state index contributed by atoms with van der Waals surface area (Å²) in [5.41, 5.74) is -0.347. The molecule has 4 nitrogen and oxygen atoms in total. The minimum Gasteiger partial charge on any atom is -0.335 e. The Hall–Kier alpha value is -1.98. The quantitative estimate of drug-likeness (QED) is 0.838. The summed E-state index contributed by atoms with van der Waals surface area (Å²) in [6, 6.07) is 2.63. The van der Waals surface area contributed by atoms with Crippen LogP contribution < -0.4 is 5.32 Å². The Morgan fingerprint density at radius 3 is 2.39 bits per heavy atom. The van der Waals surface area contributed by atoms with E-state index in [4.69, 9.17) is 0 Å². The van der Waals surface area contributed by atoms with Crippen LogP contribution in [0.5, 0.6) is 0 Å². The summed E-state index contributed by atoms with van der Waals surface area (Å²) < 4.78 is 26.1. The second-order valence-corrected chi connectivity index (χ2v) is 3.56. The lowest BCUT2D eigenvalue weighted by Gasteiger charge is -2.17. The van der Waals surface area contributed by atoms with Crippen LogP contribution in [0.4, 0.5) is 14.5 Å². The number of anilines is 1. The predicted octanol–water partition coefficient (Wildman–Crippen LogP) is 1.77. The fourth-order valence-electron chi connectivity index (χ4n) is 1.42. The highest BCUT2D eigenvalue weighted by atomic mass is 19.1. The number of hydrogen-bond acceptors (Lipinski definition) is 2. The Kier molecular flexibility index (Phi) is 4.76. The van der Waals surface area contributed by atoms with Gasteiger partial charge in [-0.2, -0.15) is 0 Å². The van der Waals surface area contributed by atoms with E-state index in [9.17, 15) is 18.4 Å². The molecule has 0 heterocycles. The molecule has 0 aliphatic heterocycles. The molecule has 0 aliphatic rings. The Morgan fingerprint density at radius 1 is 1.22 bits per heavy atom. The predicted molar refractivity (Wildman–Crippen MR) is 62.9 cm³/mol. The third-order valence-electron chi connectivity index (χ3n) is 2.42. The summed E-state index contributed by atoms with van der Waals surface area (Å²) in [7, 11) is 0. The summed E-state index contributed by atoms with van der Waals surface area (Å²) in [5, 5.41) is 2.05. The van der Waals surface area contributed by atoms with Crippen LogP contribution >= 0.6 is 0 Å². The largest absolute Gasteiger partial charge is 0.335 e. The molecule has 0 bridgehead atoms. The molecule has 0 unspecified atom stereocenters. The molecule has 0 aliphatic carbocycles. The highest BCUT2D eigenvalue weighted by Crippen LogP contribution is 2.15. The molecule has 1 rings (SSSR count). The zero-order chi connectivity index (χ0) is 13.7. The van der Waals surface area contributed by atoms with Gasteiger partial charge in [0.15, 0.2) is 0 Å². The van der Waals surface area contributed by atoms with Crippen LogP contribution in [0.15, 0.2) is 18.2 Å². The Balaban J connectivity index is 2.81. The lowest BCUT2D eigenvalue weighted by molar-refractivity contribution is -0.142. The van der Waals surface area contributed by atoms with Crippen LogP contribution in [-0.2, 0) is 9.59 Å². The smallest absolute Gasteiger partial charge is 0.313 e. The number of carbonyl (C=O) groups is 2. The lowest BCUT2D eigenvalue weighted by atomic mass is 10.3. The Bertz CT molecular complexity index is 459. The third-order valence-corrected chi connectivity index (χ3v) is 2.42. The van der Waals surface area contributed by atoms with Crippen LogP contribution in [0.1, 0.15) is 13.8 Å². The van der Waals surface area contributed by atoms with Gasteiger partial charge < -0.3 is 10.2 Å². The van der Waals surface area contributed by atoms with Gasteiger partial charge in [0, 0.05) is 19.2 Å². The minimum absolute atomic E-state index is 0.347. The summed E-state index contributed by atoms with van der Waals surface area (Å²) in [6.07, 6.45) is 0. The van der Waals surface area contributed by atoms with E-state index in [0.717, 1.165) is 18.2 Å². The molecular formula is C12H14F2N2O2. The first-order valence-electron chi connectivity index (χ1n) is 5.54. The Labute approximate surface area is 104 Å². The van der Waals surface area contributed by atoms with Gasteiger partial charge in [0.25, 0.3) is 0 Å². The average Bonchev–Trinajstić information content (AvgIpc) is 2.35. The lowest BCUT2D eigenvalue weighted by Crippen LogP contribution is -2.39. The van der Waals surface area contributed by atoms with E-state index in [2.05, 4.69) is 5.32 Å². The molecule has 1 aromatic carbocycles. The fraction of sp³-hybridized carbons (Fsp3) is 0.333. The van der Waals surface area contributed by atoms with Crippen LogP contribution in [-0.4, -0.2) is 29.8 Å². The number of nitrogens with one attached hydrogen (secondary N) is 1. The molecule has 0 radical (unpaired) electrons. The SMILES string of the molecule is CCN(CC)C(=O)C(=O)Nc1cc(F)ccc1F. The highest BCUT2D eigenvalue weighted by molar-refractivity contribution is 6.39. The van der Waals surface area contributed by atoms with Gasteiger partial charge in [-0.3, -0.25) is 9.59 Å². The van der Waals surface area contributed by atoms with Crippen molar-refractivity contribution in [2.75, 3.05) is 18.4 Å². The summed E-state index contributed by atoms with van der Waals surface area (Å²) in [5.74, 6) is -3.24. The zero-order valence-electron chi connectivity index (χ0n) is 10.2. The van der Waals surface area contributed by atoms with Crippen molar-refractivity contribution in [3.05, 3.63) is 29.8 Å². The average molecular weight is 256 g/mol. The molecule has 0 atom stereocenters. The van der Waals surface area contributed by atoms with E-state index < -0.39 is 23.4 Å².